The van der Waals surface area contributed by atoms with Gasteiger partial charge in [0.25, 0.3) is 5.56 Å². The number of nitrogens with zero attached hydrogens (tertiary/aromatic N) is 1. The smallest absolute Gasteiger partial charge is 0.329 e. The zero-order valence-electron chi connectivity index (χ0n) is 20.1. The molecule has 0 aliphatic carbocycles. The largest absolute Gasteiger partial charge is 0.458 e. The Kier molecular flexibility index (Phi) is 7.48. The topological polar surface area (TPSA) is 76.0 Å². The molecule has 1 aromatic carbocycles. The second-order valence-electron chi connectivity index (χ2n) is 9.94. The van der Waals surface area contributed by atoms with Crippen molar-refractivity contribution in [3.05, 3.63) is 57.0 Å². The molecule has 1 saturated heterocycles. The maximum absolute atomic E-state index is 13.4. The quantitative estimate of drug-likeness (QED) is 0.595. The normalized spacial score (nSPS) is 21.6. The molecule has 7 nitrogen and oxygen atoms in total. The standard InChI is InChI=1S/C26H32ClNO6/c1-16-9-17-5-6-19(27)10-21(17)22-12-24(29)28(13-18(22)14-33-16)23(25(30)34-26(2,3)4)11-20-15-31-7-8-32-20/h5-6,10,12-13,16,20,23H,7-9,11,14-15H2,1-4H3/t16?,20-,23?/m1/s1. The molecule has 3 heterocycles. The lowest BCUT2D eigenvalue weighted by Crippen LogP contribution is -2.39. The van der Waals surface area contributed by atoms with Crippen LogP contribution in [0.15, 0.2) is 35.3 Å². The van der Waals surface area contributed by atoms with Gasteiger partial charge >= 0.3 is 5.97 Å². The van der Waals surface area contributed by atoms with E-state index in [0.717, 1.165) is 22.3 Å². The zero-order valence-corrected chi connectivity index (χ0v) is 20.9. The van der Waals surface area contributed by atoms with Gasteiger partial charge in [-0.15, -0.1) is 0 Å². The van der Waals surface area contributed by atoms with E-state index in [9.17, 15) is 9.59 Å². The molecule has 4 rings (SSSR count). The summed E-state index contributed by atoms with van der Waals surface area (Å²) in [6.07, 6.45) is 2.39. The van der Waals surface area contributed by atoms with E-state index < -0.39 is 17.6 Å². The van der Waals surface area contributed by atoms with Crippen LogP contribution in [0.25, 0.3) is 11.1 Å². The fourth-order valence-electron chi connectivity index (χ4n) is 4.39. The highest BCUT2D eigenvalue weighted by molar-refractivity contribution is 6.30. The van der Waals surface area contributed by atoms with Crippen molar-refractivity contribution in [3.63, 3.8) is 0 Å². The van der Waals surface area contributed by atoms with Gasteiger partial charge in [-0.05, 0) is 62.9 Å². The molecule has 34 heavy (non-hydrogen) atoms. The van der Waals surface area contributed by atoms with Gasteiger partial charge in [-0.3, -0.25) is 4.79 Å². The Hall–Kier alpha value is -2.19. The fraction of sp³-hybridized carbons (Fsp3) is 0.538. The summed E-state index contributed by atoms with van der Waals surface area (Å²) in [5, 5.41) is 0.601. The number of carbonyl (C=O) groups is 1. The van der Waals surface area contributed by atoms with Crippen molar-refractivity contribution < 1.29 is 23.7 Å². The number of carbonyl (C=O) groups excluding carboxylic acids is 1. The first-order chi connectivity index (χ1) is 16.1. The Labute approximate surface area is 204 Å². The van der Waals surface area contributed by atoms with Gasteiger partial charge in [0.1, 0.15) is 11.6 Å². The number of esters is 1. The van der Waals surface area contributed by atoms with Crippen molar-refractivity contribution in [2.45, 2.75) is 71.0 Å². The highest BCUT2D eigenvalue weighted by Gasteiger charge is 2.32. The minimum absolute atomic E-state index is 0.0112. The molecule has 0 bridgehead atoms. The van der Waals surface area contributed by atoms with Crippen LogP contribution in [0.5, 0.6) is 0 Å². The number of pyridine rings is 1. The molecule has 1 fully saturated rings. The molecule has 0 saturated carbocycles. The maximum Gasteiger partial charge on any atom is 0.329 e. The van der Waals surface area contributed by atoms with Crippen LogP contribution in [0.1, 0.15) is 51.3 Å². The zero-order chi connectivity index (χ0) is 24.5. The number of rotatable bonds is 4. The second-order valence-corrected chi connectivity index (χ2v) is 10.4. The van der Waals surface area contributed by atoms with Crippen molar-refractivity contribution in [1.29, 1.82) is 0 Å². The Morgan fingerprint density at radius 2 is 1.94 bits per heavy atom. The van der Waals surface area contributed by atoms with E-state index in [1.165, 1.54) is 4.57 Å². The summed E-state index contributed by atoms with van der Waals surface area (Å²) >= 11 is 6.31. The van der Waals surface area contributed by atoms with Crippen LogP contribution >= 0.6 is 11.6 Å². The van der Waals surface area contributed by atoms with Crippen LogP contribution in [0.3, 0.4) is 0 Å². The van der Waals surface area contributed by atoms with Crippen molar-refractivity contribution in [2.75, 3.05) is 19.8 Å². The predicted octanol–water partition coefficient (Wildman–Crippen LogP) is 4.32. The SMILES string of the molecule is CC1Cc2ccc(Cl)cc2-c2cc(=O)n(C(C[C@@H]3COCCO3)C(=O)OC(C)(C)C)cc2CO1. The highest BCUT2D eigenvalue weighted by Crippen LogP contribution is 2.33. The summed E-state index contributed by atoms with van der Waals surface area (Å²) < 4.78 is 24.5. The summed E-state index contributed by atoms with van der Waals surface area (Å²) in [4.78, 5) is 26.7. The maximum atomic E-state index is 13.4. The average molecular weight is 490 g/mol. The molecule has 8 heteroatoms. The minimum atomic E-state index is -0.856. The molecule has 2 unspecified atom stereocenters. The molecule has 0 spiro atoms. The molecule has 184 valence electrons. The van der Waals surface area contributed by atoms with E-state index in [0.29, 0.717) is 37.9 Å². The van der Waals surface area contributed by atoms with Gasteiger partial charge in [-0.1, -0.05) is 17.7 Å². The van der Waals surface area contributed by atoms with Gasteiger partial charge in [-0.2, -0.15) is 0 Å². The third-order valence-electron chi connectivity index (χ3n) is 5.94. The van der Waals surface area contributed by atoms with Crippen LogP contribution in [0.2, 0.25) is 5.02 Å². The highest BCUT2D eigenvalue weighted by atomic mass is 35.5. The fourth-order valence-corrected chi connectivity index (χ4v) is 4.57. The lowest BCUT2D eigenvalue weighted by atomic mass is 9.92. The second kappa shape index (κ2) is 10.2. The first-order valence-electron chi connectivity index (χ1n) is 11.7. The van der Waals surface area contributed by atoms with Crippen molar-refractivity contribution >= 4 is 17.6 Å². The summed E-state index contributed by atoms with van der Waals surface area (Å²) in [6.45, 7) is 9.09. The number of aromatic nitrogens is 1. The van der Waals surface area contributed by atoms with Gasteiger partial charge in [-0.25, -0.2) is 4.79 Å². The van der Waals surface area contributed by atoms with E-state index in [4.69, 9.17) is 30.5 Å². The first kappa shape index (κ1) is 24.9. The summed E-state index contributed by atoms with van der Waals surface area (Å²) in [5.41, 5.74) is 2.56. The van der Waals surface area contributed by atoms with Gasteiger partial charge in [0.15, 0.2) is 0 Å². The molecule has 0 radical (unpaired) electrons. The molecule has 2 aliphatic heterocycles. The first-order valence-corrected chi connectivity index (χ1v) is 12.1. The van der Waals surface area contributed by atoms with Crippen molar-refractivity contribution in [3.8, 4) is 11.1 Å². The summed E-state index contributed by atoms with van der Waals surface area (Å²) in [5.74, 6) is -0.479. The minimum Gasteiger partial charge on any atom is -0.458 e. The monoisotopic (exact) mass is 489 g/mol. The molecule has 1 aromatic heterocycles. The summed E-state index contributed by atoms with van der Waals surface area (Å²) in [6, 6.07) is 6.42. The van der Waals surface area contributed by atoms with Gasteiger partial charge in [0.05, 0.1) is 38.6 Å². The Bertz CT molecular complexity index is 1100. The van der Waals surface area contributed by atoms with Crippen LogP contribution in [-0.2, 0) is 36.8 Å². The van der Waals surface area contributed by atoms with E-state index in [2.05, 4.69) is 0 Å². The lowest BCUT2D eigenvalue weighted by molar-refractivity contribution is -0.162. The van der Waals surface area contributed by atoms with Crippen LogP contribution in [0.4, 0.5) is 0 Å². The number of halogens is 1. The van der Waals surface area contributed by atoms with E-state index >= 15 is 0 Å². The molecule has 2 aliphatic rings. The van der Waals surface area contributed by atoms with Crippen molar-refractivity contribution in [1.82, 2.24) is 4.57 Å². The van der Waals surface area contributed by atoms with Crippen LogP contribution < -0.4 is 5.56 Å². The molecular weight excluding hydrogens is 458 g/mol. The number of benzene rings is 1. The third-order valence-corrected chi connectivity index (χ3v) is 6.18. The van der Waals surface area contributed by atoms with E-state index in [1.807, 2.05) is 25.1 Å². The third kappa shape index (κ3) is 5.89. The van der Waals surface area contributed by atoms with Crippen LogP contribution in [-0.4, -0.2) is 48.2 Å². The number of ether oxygens (including phenoxy) is 4. The molecule has 2 aromatic rings. The molecule has 0 N–H and O–H groups in total. The van der Waals surface area contributed by atoms with Gasteiger partial charge in [0, 0.05) is 29.3 Å². The number of hydrogen-bond acceptors (Lipinski definition) is 6. The average Bonchev–Trinajstić information content (AvgIpc) is 2.76. The van der Waals surface area contributed by atoms with Gasteiger partial charge in [0.2, 0.25) is 0 Å². The lowest BCUT2D eigenvalue weighted by Gasteiger charge is -2.30. The summed E-state index contributed by atoms with van der Waals surface area (Å²) in [7, 11) is 0. The Balaban J connectivity index is 1.78. The molecule has 0 amide bonds. The molecular formula is C26H32ClNO6. The Morgan fingerprint density at radius 3 is 2.65 bits per heavy atom. The predicted molar refractivity (Wildman–Crippen MR) is 129 cm³/mol. The van der Waals surface area contributed by atoms with Crippen molar-refractivity contribution in [2.24, 2.45) is 0 Å². The van der Waals surface area contributed by atoms with E-state index in [1.54, 1.807) is 33.0 Å². The Morgan fingerprint density at radius 1 is 1.18 bits per heavy atom. The number of fused-ring (bicyclic) bond motifs is 3. The number of hydrogen-bond donors (Lipinski definition) is 0. The van der Waals surface area contributed by atoms with E-state index in [-0.39, 0.29) is 24.2 Å². The van der Waals surface area contributed by atoms with Gasteiger partial charge < -0.3 is 23.5 Å². The van der Waals surface area contributed by atoms with Crippen LogP contribution in [0, 0.1) is 0 Å². The molecule has 3 atom stereocenters.